The lowest BCUT2D eigenvalue weighted by molar-refractivity contribution is 0.356. The number of thiol groups is 1. The zero-order valence-corrected chi connectivity index (χ0v) is 12.6. The summed E-state index contributed by atoms with van der Waals surface area (Å²) < 4.78 is 0. The quantitative estimate of drug-likeness (QED) is 0.361. The van der Waals surface area contributed by atoms with Crippen LogP contribution in [0.5, 0.6) is 0 Å². The van der Waals surface area contributed by atoms with Crippen LogP contribution >= 0.6 is 12.6 Å². The van der Waals surface area contributed by atoms with E-state index in [0.29, 0.717) is 5.41 Å². The van der Waals surface area contributed by atoms with E-state index < -0.39 is 0 Å². The van der Waals surface area contributed by atoms with Gasteiger partial charge in [-0.25, -0.2) is 0 Å². The van der Waals surface area contributed by atoms with E-state index in [2.05, 4.69) is 33.4 Å². The average Bonchev–Trinajstić information content (AvgIpc) is 2.19. The molecule has 0 nitrogen and oxygen atoms in total. The molecule has 0 aliphatic carbocycles. The molecule has 16 heavy (non-hydrogen) atoms. The summed E-state index contributed by atoms with van der Waals surface area (Å²) in [7, 11) is 0. The minimum Gasteiger partial charge on any atom is -0.179 e. The second-order valence-corrected chi connectivity index (χ2v) is 6.66. The van der Waals surface area contributed by atoms with Gasteiger partial charge in [0.05, 0.1) is 0 Å². The molecule has 0 bridgehead atoms. The molecule has 0 saturated carbocycles. The summed E-state index contributed by atoms with van der Waals surface area (Å²) in [5.74, 6) is 1.06. The van der Waals surface area contributed by atoms with E-state index in [1.807, 2.05) is 0 Å². The summed E-state index contributed by atoms with van der Waals surface area (Å²) in [6.07, 6.45) is 14.1. The Morgan fingerprint density at radius 3 is 1.38 bits per heavy atom. The SMILES string of the molecule is CC(C)(C)CCCCCCCCCCCS. The van der Waals surface area contributed by atoms with E-state index in [1.165, 1.54) is 64.2 Å². The first-order chi connectivity index (χ1) is 7.56. The molecule has 0 radical (unpaired) electrons. The van der Waals surface area contributed by atoms with Crippen molar-refractivity contribution in [1.29, 1.82) is 0 Å². The minimum absolute atomic E-state index is 0.535. The Hall–Kier alpha value is 0.350. The van der Waals surface area contributed by atoms with E-state index in [0.717, 1.165) is 5.75 Å². The van der Waals surface area contributed by atoms with Crippen LogP contribution in [-0.4, -0.2) is 5.75 Å². The summed E-state index contributed by atoms with van der Waals surface area (Å²) >= 11 is 4.23. The van der Waals surface area contributed by atoms with Crippen LogP contribution in [0.3, 0.4) is 0 Å². The Morgan fingerprint density at radius 2 is 1.00 bits per heavy atom. The highest BCUT2D eigenvalue weighted by Gasteiger charge is 2.08. The van der Waals surface area contributed by atoms with Crippen molar-refractivity contribution in [3.8, 4) is 0 Å². The van der Waals surface area contributed by atoms with Crippen LogP contribution in [-0.2, 0) is 0 Å². The molecule has 0 N–H and O–H groups in total. The molecule has 0 aromatic carbocycles. The Labute approximate surface area is 109 Å². The highest BCUT2D eigenvalue weighted by Crippen LogP contribution is 2.22. The van der Waals surface area contributed by atoms with Crippen molar-refractivity contribution in [2.24, 2.45) is 5.41 Å². The normalized spacial score (nSPS) is 12.0. The van der Waals surface area contributed by atoms with Crippen molar-refractivity contribution in [2.45, 2.75) is 85.0 Å². The van der Waals surface area contributed by atoms with Gasteiger partial charge in [0.25, 0.3) is 0 Å². The molecular weight excluding hydrogens is 212 g/mol. The van der Waals surface area contributed by atoms with Gasteiger partial charge in [0.2, 0.25) is 0 Å². The van der Waals surface area contributed by atoms with Gasteiger partial charge >= 0.3 is 0 Å². The lowest BCUT2D eigenvalue weighted by Gasteiger charge is -2.17. The molecule has 0 aliphatic heterocycles. The number of unbranched alkanes of at least 4 members (excludes halogenated alkanes) is 8. The third kappa shape index (κ3) is 14.4. The van der Waals surface area contributed by atoms with Crippen LogP contribution < -0.4 is 0 Å². The predicted molar refractivity (Wildman–Crippen MR) is 79.5 cm³/mol. The lowest BCUT2D eigenvalue weighted by Crippen LogP contribution is -2.03. The maximum atomic E-state index is 4.23. The summed E-state index contributed by atoms with van der Waals surface area (Å²) in [4.78, 5) is 0. The van der Waals surface area contributed by atoms with Gasteiger partial charge in [-0.3, -0.25) is 0 Å². The van der Waals surface area contributed by atoms with Crippen LogP contribution in [0.1, 0.15) is 85.0 Å². The van der Waals surface area contributed by atoms with Crippen molar-refractivity contribution in [3.05, 3.63) is 0 Å². The standard InChI is InChI=1S/C15H32S/c1-15(2,3)13-11-9-7-5-4-6-8-10-12-14-16/h16H,4-14H2,1-3H3. The number of rotatable bonds is 10. The highest BCUT2D eigenvalue weighted by atomic mass is 32.1. The van der Waals surface area contributed by atoms with Gasteiger partial charge in [-0.2, -0.15) is 12.6 Å². The molecule has 0 saturated heterocycles. The van der Waals surface area contributed by atoms with Gasteiger partial charge in [0, 0.05) is 0 Å². The van der Waals surface area contributed by atoms with Crippen molar-refractivity contribution in [1.82, 2.24) is 0 Å². The monoisotopic (exact) mass is 244 g/mol. The average molecular weight is 244 g/mol. The molecule has 0 atom stereocenters. The molecule has 98 valence electrons. The largest absolute Gasteiger partial charge is 0.179 e. The maximum Gasteiger partial charge on any atom is -0.00979 e. The molecule has 0 unspecified atom stereocenters. The van der Waals surface area contributed by atoms with Crippen molar-refractivity contribution in [2.75, 3.05) is 5.75 Å². The van der Waals surface area contributed by atoms with Gasteiger partial charge in [-0.15, -0.1) is 0 Å². The number of hydrogen-bond acceptors (Lipinski definition) is 1. The van der Waals surface area contributed by atoms with Crippen molar-refractivity contribution >= 4 is 12.6 Å². The summed E-state index contributed by atoms with van der Waals surface area (Å²) in [5, 5.41) is 0. The summed E-state index contributed by atoms with van der Waals surface area (Å²) in [5.41, 5.74) is 0.535. The van der Waals surface area contributed by atoms with Crippen molar-refractivity contribution in [3.63, 3.8) is 0 Å². The van der Waals surface area contributed by atoms with E-state index >= 15 is 0 Å². The van der Waals surface area contributed by atoms with E-state index in [4.69, 9.17) is 0 Å². The summed E-state index contributed by atoms with van der Waals surface area (Å²) in [6.45, 7) is 7.03. The Kier molecular flexibility index (Phi) is 10.7. The topological polar surface area (TPSA) is 0 Å². The maximum absolute atomic E-state index is 4.23. The van der Waals surface area contributed by atoms with Crippen LogP contribution in [0.2, 0.25) is 0 Å². The lowest BCUT2D eigenvalue weighted by atomic mass is 9.89. The fourth-order valence-electron chi connectivity index (χ4n) is 2.00. The molecule has 0 amide bonds. The van der Waals surface area contributed by atoms with Crippen LogP contribution in [0.15, 0.2) is 0 Å². The van der Waals surface area contributed by atoms with Crippen LogP contribution in [0, 0.1) is 5.41 Å². The molecule has 0 heterocycles. The van der Waals surface area contributed by atoms with Crippen molar-refractivity contribution < 1.29 is 0 Å². The van der Waals surface area contributed by atoms with Gasteiger partial charge in [0.15, 0.2) is 0 Å². The molecule has 1 heteroatoms. The Bertz CT molecular complexity index is 135. The van der Waals surface area contributed by atoms with E-state index in [9.17, 15) is 0 Å². The summed E-state index contributed by atoms with van der Waals surface area (Å²) in [6, 6.07) is 0. The second-order valence-electron chi connectivity index (χ2n) is 6.22. The third-order valence-electron chi connectivity index (χ3n) is 3.08. The fraction of sp³-hybridized carbons (Fsp3) is 1.00. The second kappa shape index (κ2) is 10.5. The Balaban J connectivity index is 2.99. The van der Waals surface area contributed by atoms with Gasteiger partial charge in [-0.1, -0.05) is 72.1 Å². The van der Waals surface area contributed by atoms with E-state index in [1.54, 1.807) is 0 Å². The fourth-order valence-corrected chi connectivity index (χ4v) is 2.23. The molecular formula is C15H32S. The van der Waals surface area contributed by atoms with Crippen LogP contribution in [0.25, 0.3) is 0 Å². The molecule has 0 aromatic rings. The van der Waals surface area contributed by atoms with Crippen LogP contribution in [0.4, 0.5) is 0 Å². The minimum atomic E-state index is 0.535. The number of hydrogen-bond donors (Lipinski definition) is 1. The highest BCUT2D eigenvalue weighted by molar-refractivity contribution is 7.80. The zero-order valence-electron chi connectivity index (χ0n) is 11.7. The molecule has 0 aromatic heterocycles. The molecule has 0 rings (SSSR count). The Morgan fingerprint density at radius 1 is 0.625 bits per heavy atom. The first kappa shape index (κ1) is 16.4. The third-order valence-corrected chi connectivity index (χ3v) is 3.40. The molecule has 0 spiro atoms. The smallest absolute Gasteiger partial charge is 0.00979 e. The van der Waals surface area contributed by atoms with Gasteiger partial charge in [0.1, 0.15) is 0 Å². The molecule has 0 aliphatic rings. The first-order valence-electron chi connectivity index (χ1n) is 7.17. The zero-order chi connectivity index (χ0) is 12.3. The van der Waals surface area contributed by atoms with E-state index in [-0.39, 0.29) is 0 Å². The van der Waals surface area contributed by atoms with Gasteiger partial charge < -0.3 is 0 Å². The molecule has 0 fully saturated rings. The van der Waals surface area contributed by atoms with Gasteiger partial charge in [-0.05, 0) is 24.0 Å². The predicted octanol–water partition coefficient (Wildman–Crippen LogP) is 5.86. The first-order valence-corrected chi connectivity index (χ1v) is 7.80.